The van der Waals surface area contributed by atoms with Crippen molar-refractivity contribution in [1.82, 2.24) is 15.0 Å². The first kappa shape index (κ1) is 15.2. The molecular formula is C13H13F3N4O. The minimum atomic E-state index is -4.53. The molecule has 0 saturated carbocycles. The molecule has 8 heteroatoms. The molecule has 0 aliphatic heterocycles. The number of likely N-dealkylation sites (N-methyl/N-ethyl adjacent to an activating group) is 1. The molecule has 2 aromatic rings. The molecule has 2 heterocycles. The molecule has 5 nitrogen and oxygen atoms in total. The van der Waals surface area contributed by atoms with Gasteiger partial charge in [0.25, 0.3) is 0 Å². The van der Waals surface area contributed by atoms with E-state index in [0.29, 0.717) is 5.56 Å². The molecule has 2 aromatic heterocycles. The van der Waals surface area contributed by atoms with Crippen LogP contribution in [0.25, 0.3) is 0 Å². The molecule has 0 bridgehead atoms. The maximum absolute atomic E-state index is 12.6. The van der Waals surface area contributed by atoms with Crippen LogP contribution < -0.4 is 4.90 Å². The first-order chi connectivity index (χ1) is 9.88. The lowest BCUT2D eigenvalue weighted by atomic mass is 10.1. The number of pyridine rings is 1. The number of rotatable bonds is 4. The fourth-order valence-corrected chi connectivity index (χ4v) is 1.71. The zero-order valence-electron chi connectivity index (χ0n) is 11.1. The van der Waals surface area contributed by atoms with Crippen LogP contribution in [-0.4, -0.2) is 33.7 Å². The summed E-state index contributed by atoms with van der Waals surface area (Å²) in [6, 6.07) is 4.15. The van der Waals surface area contributed by atoms with Gasteiger partial charge in [0.1, 0.15) is 5.69 Å². The molecular weight excluding hydrogens is 285 g/mol. The third-order valence-corrected chi connectivity index (χ3v) is 2.79. The van der Waals surface area contributed by atoms with Gasteiger partial charge in [-0.1, -0.05) is 6.07 Å². The third kappa shape index (κ3) is 3.88. The lowest BCUT2D eigenvalue weighted by molar-refractivity contribution is -0.141. The van der Waals surface area contributed by atoms with Gasteiger partial charge in [0.05, 0.1) is 12.6 Å². The van der Waals surface area contributed by atoms with E-state index >= 15 is 0 Å². The van der Waals surface area contributed by atoms with E-state index in [2.05, 4.69) is 15.0 Å². The molecule has 0 aliphatic carbocycles. The van der Waals surface area contributed by atoms with Gasteiger partial charge in [-0.15, -0.1) is 0 Å². The molecule has 1 atom stereocenters. The Morgan fingerprint density at radius 1 is 1.29 bits per heavy atom. The van der Waals surface area contributed by atoms with E-state index in [1.54, 1.807) is 18.3 Å². The Balaban J connectivity index is 2.12. The zero-order chi connectivity index (χ0) is 15.5. The van der Waals surface area contributed by atoms with Gasteiger partial charge in [-0.05, 0) is 12.1 Å². The Bertz CT molecular complexity index is 591. The molecule has 1 N–H and O–H groups in total. The monoisotopic (exact) mass is 298 g/mol. The Labute approximate surface area is 119 Å². The topological polar surface area (TPSA) is 62.1 Å². The van der Waals surface area contributed by atoms with E-state index in [9.17, 15) is 18.3 Å². The van der Waals surface area contributed by atoms with E-state index in [-0.39, 0.29) is 12.5 Å². The van der Waals surface area contributed by atoms with Crippen LogP contribution in [0.1, 0.15) is 17.4 Å². The summed E-state index contributed by atoms with van der Waals surface area (Å²) in [7, 11) is 1.51. The van der Waals surface area contributed by atoms with E-state index in [1.165, 1.54) is 18.1 Å². The molecule has 0 aliphatic rings. The first-order valence-electron chi connectivity index (χ1n) is 6.07. The van der Waals surface area contributed by atoms with Crippen molar-refractivity contribution >= 4 is 5.95 Å². The van der Waals surface area contributed by atoms with E-state index in [0.717, 1.165) is 12.3 Å². The lowest BCUT2D eigenvalue weighted by Gasteiger charge is -2.21. The summed E-state index contributed by atoms with van der Waals surface area (Å²) in [5, 5.41) is 10.0. The quantitative estimate of drug-likeness (QED) is 0.936. The van der Waals surface area contributed by atoms with Gasteiger partial charge in [-0.3, -0.25) is 4.98 Å². The molecule has 0 aromatic carbocycles. The van der Waals surface area contributed by atoms with Gasteiger partial charge in [-0.2, -0.15) is 13.2 Å². The molecule has 21 heavy (non-hydrogen) atoms. The van der Waals surface area contributed by atoms with Crippen LogP contribution in [0, 0.1) is 0 Å². The van der Waals surface area contributed by atoms with Crippen LogP contribution in [0.3, 0.4) is 0 Å². The van der Waals surface area contributed by atoms with E-state index < -0.39 is 18.0 Å². The number of aromatic nitrogens is 3. The fraction of sp³-hybridized carbons (Fsp3) is 0.308. The SMILES string of the molecule is CN(CC(O)c1cccnc1)c1nccc(C(F)(F)F)n1. The standard InChI is InChI=1S/C13H13F3N4O/c1-20(8-10(21)9-3-2-5-17-7-9)12-18-6-4-11(19-12)13(14,15)16/h2-7,10,21H,8H2,1H3. The van der Waals surface area contributed by atoms with Crippen molar-refractivity contribution in [3.8, 4) is 0 Å². The Kier molecular flexibility index (Phi) is 4.37. The number of alkyl halides is 3. The van der Waals surface area contributed by atoms with Gasteiger partial charge >= 0.3 is 6.18 Å². The first-order valence-corrected chi connectivity index (χ1v) is 6.07. The summed E-state index contributed by atoms with van der Waals surface area (Å²) < 4.78 is 37.8. The lowest BCUT2D eigenvalue weighted by Crippen LogP contribution is -2.26. The maximum Gasteiger partial charge on any atom is 0.433 e. The van der Waals surface area contributed by atoms with Crippen molar-refractivity contribution in [2.45, 2.75) is 12.3 Å². The Morgan fingerprint density at radius 2 is 2.05 bits per heavy atom. The minimum Gasteiger partial charge on any atom is -0.386 e. The molecule has 0 radical (unpaired) electrons. The smallest absolute Gasteiger partial charge is 0.386 e. The number of aliphatic hydroxyl groups excluding tert-OH is 1. The number of anilines is 1. The summed E-state index contributed by atoms with van der Waals surface area (Å²) in [5.41, 5.74) is -0.452. The van der Waals surface area contributed by atoms with Crippen molar-refractivity contribution < 1.29 is 18.3 Å². The third-order valence-electron chi connectivity index (χ3n) is 2.79. The highest BCUT2D eigenvalue weighted by Crippen LogP contribution is 2.28. The average molecular weight is 298 g/mol. The van der Waals surface area contributed by atoms with Crippen molar-refractivity contribution in [1.29, 1.82) is 0 Å². The van der Waals surface area contributed by atoms with Gasteiger partial charge in [0, 0.05) is 31.2 Å². The van der Waals surface area contributed by atoms with Crippen LogP contribution in [0.5, 0.6) is 0 Å². The van der Waals surface area contributed by atoms with Crippen molar-refractivity contribution in [2.24, 2.45) is 0 Å². The van der Waals surface area contributed by atoms with Crippen LogP contribution in [-0.2, 0) is 6.18 Å². The molecule has 1 unspecified atom stereocenters. The number of nitrogens with zero attached hydrogens (tertiary/aromatic N) is 4. The molecule has 0 fully saturated rings. The van der Waals surface area contributed by atoms with Gasteiger partial charge in [0.15, 0.2) is 0 Å². The summed E-state index contributed by atoms with van der Waals surface area (Å²) in [5.74, 6) is -0.104. The fourth-order valence-electron chi connectivity index (χ4n) is 1.71. The molecule has 0 saturated heterocycles. The van der Waals surface area contributed by atoms with E-state index in [4.69, 9.17) is 0 Å². The normalized spacial score (nSPS) is 13.0. The van der Waals surface area contributed by atoms with Crippen molar-refractivity contribution in [3.05, 3.63) is 48.0 Å². The second kappa shape index (κ2) is 6.04. The Morgan fingerprint density at radius 3 is 2.67 bits per heavy atom. The number of hydrogen-bond donors (Lipinski definition) is 1. The van der Waals surface area contributed by atoms with Crippen LogP contribution in [0.15, 0.2) is 36.8 Å². The largest absolute Gasteiger partial charge is 0.433 e. The van der Waals surface area contributed by atoms with Crippen molar-refractivity contribution in [3.63, 3.8) is 0 Å². The summed E-state index contributed by atoms with van der Waals surface area (Å²) in [4.78, 5) is 12.5. The zero-order valence-corrected chi connectivity index (χ0v) is 11.1. The summed E-state index contributed by atoms with van der Waals surface area (Å²) in [6.07, 6.45) is -1.33. The van der Waals surface area contributed by atoms with Gasteiger partial charge in [-0.25, -0.2) is 9.97 Å². The predicted octanol–water partition coefficient (Wildman–Crippen LogP) is 2.06. The predicted molar refractivity (Wildman–Crippen MR) is 69.5 cm³/mol. The average Bonchev–Trinajstić information content (AvgIpc) is 2.47. The summed E-state index contributed by atoms with van der Waals surface area (Å²) in [6.45, 7) is 0.0486. The second-order valence-corrected chi connectivity index (χ2v) is 4.42. The van der Waals surface area contributed by atoms with Gasteiger partial charge < -0.3 is 10.0 Å². The minimum absolute atomic E-state index is 0.0486. The molecule has 112 valence electrons. The maximum atomic E-state index is 12.6. The summed E-state index contributed by atoms with van der Waals surface area (Å²) >= 11 is 0. The molecule has 0 spiro atoms. The van der Waals surface area contributed by atoms with Crippen LogP contribution in [0.2, 0.25) is 0 Å². The van der Waals surface area contributed by atoms with Crippen LogP contribution >= 0.6 is 0 Å². The van der Waals surface area contributed by atoms with E-state index in [1.807, 2.05) is 0 Å². The highest BCUT2D eigenvalue weighted by molar-refractivity contribution is 5.30. The van der Waals surface area contributed by atoms with Crippen molar-refractivity contribution in [2.75, 3.05) is 18.5 Å². The molecule has 2 rings (SSSR count). The second-order valence-electron chi connectivity index (χ2n) is 4.42. The number of aliphatic hydroxyl groups is 1. The Hall–Kier alpha value is -2.22. The van der Waals surface area contributed by atoms with Gasteiger partial charge in [0.2, 0.25) is 5.95 Å². The number of hydrogen-bond acceptors (Lipinski definition) is 5. The number of halogens is 3. The highest BCUT2D eigenvalue weighted by Gasteiger charge is 2.33. The molecule has 0 amide bonds. The highest BCUT2D eigenvalue weighted by atomic mass is 19.4. The van der Waals surface area contributed by atoms with Crippen LogP contribution in [0.4, 0.5) is 19.1 Å².